The van der Waals surface area contributed by atoms with Crippen molar-refractivity contribution in [3.05, 3.63) is 0 Å². The maximum atomic E-state index is 12.4. The van der Waals surface area contributed by atoms with Gasteiger partial charge in [-0.15, -0.1) is 0 Å². The van der Waals surface area contributed by atoms with Gasteiger partial charge in [0.15, 0.2) is 0 Å². The molecule has 5 nitrogen and oxygen atoms in total. The normalized spacial score (nSPS) is 23.6. The standard InChI is InChI=1S/C15H29N3O2/c1-11(2)10-13-15(20)18(12(3)14(19)16-13)9-7-6-8-17(4)5/h11-13H,6-10H2,1-5H3,(H,16,19). The van der Waals surface area contributed by atoms with Crippen LogP contribution in [-0.4, -0.2) is 60.9 Å². The number of hydrogen-bond acceptors (Lipinski definition) is 3. The molecule has 5 heteroatoms. The first-order valence-corrected chi connectivity index (χ1v) is 7.58. The molecular formula is C15H29N3O2. The average molecular weight is 283 g/mol. The fourth-order valence-corrected chi connectivity index (χ4v) is 2.53. The Kier molecular flexibility index (Phi) is 6.46. The molecule has 1 aliphatic heterocycles. The van der Waals surface area contributed by atoms with Crippen molar-refractivity contribution in [2.75, 3.05) is 27.2 Å². The van der Waals surface area contributed by atoms with Crippen molar-refractivity contribution in [1.82, 2.24) is 15.1 Å². The van der Waals surface area contributed by atoms with Gasteiger partial charge in [0.25, 0.3) is 0 Å². The zero-order valence-electron chi connectivity index (χ0n) is 13.5. The molecule has 0 aliphatic carbocycles. The Labute approximate surface area is 122 Å². The minimum Gasteiger partial charge on any atom is -0.343 e. The first-order valence-electron chi connectivity index (χ1n) is 7.58. The van der Waals surface area contributed by atoms with Gasteiger partial charge in [-0.05, 0) is 52.7 Å². The van der Waals surface area contributed by atoms with Crippen LogP contribution in [-0.2, 0) is 9.59 Å². The van der Waals surface area contributed by atoms with Gasteiger partial charge in [-0.3, -0.25) is 9.59 Å². The maximum absolute atomic E-state index is 12.4. The minimum absolute atomic E-state index is 0.0251. The molecule has 0 aromatic heterocycles. The van der Waals surface area contributed by atoms with Gasteiger partial charge in [-0.25, -0.2) is 0 Å². The second-order valence-electron chi connectivity index (χ2n) is 6.41. The van der Waals surface area contributed by atoms with Crippen LogP contribution < -0.4 is 5.32 Å². The first kappa shape index (κ1) is 17.0. The van der Waals surface area contributed by atoms with Gasteiger partial charge < -0.3 is 15.1 Å². The lowest BCUT2D eigenvalue weighted by Crippen LogP contribution is -2.62. The van der Waals surface area contributed by atoms with Crippen LogP contribution >= 0.6 is 0 Å². The van der Waals surface area contributed by atoms with Crippen LogP contribution in [0.25, 0.3) is 0 Å². The number of nitrogens with zero attached hydrogens (tertiary/aromatic N) is 2. The predicted octanol–water partition coefficient (Wildman–Crippen LogP) is 1.09. The van der Waals surface area contributed by atoms with Gasteiger partial charge >= 0.3 is 0 Å². The summed E-state index contributed by atoms with van der Waals surface area (Å²) in [5, 5.41) is 2.85. The van der Waals surface area contributed by atoms with Crippen molar-refractivity contribution in [2.24, 2.45) is 5.92 Å². The second-order valence-corrected chi connectivity index (χ2v) is 6.41. The Morgan fingerprint density at radius 1 is 1.25 bits per heavy atom. The largest absolute Gasteiger partial charge is 0.343 e. The van der Waals surface area contributed by atoms with Crippen LogP contribution in [0.1, 0.15) is 40.0 Å². The Balaban J connectivity index is 2.56. The van der Waals surface area contributed by atoms with Crippen LogP contribution in [0.4, 0.5) is 0 Å². The van der Waals surface area contributed by atoms with Crippen molar-refractivity contribution < 1.29 is 9.59 Å². The quantitative estimate of drug-likeness (QED) is 0.712. The Hall–Kier alpha value is -1.10. The van der Waals surface area contributed by atoms with Crippen LogP contribution in [0.5, 0.6) is 0 Å². The van der Waals surface area contributed by atoms with Gasteiger partial charge in [0.05, 0.1) is 0 Å². The predicted molar refractivity (Wildman–Crippen MR) is 80.3 cm³/mol. The van der Waals surface area contributed by atoms with E-state index in [0.29, 0.717) is 18.9 Å². The van der Waals surface area contributed by atoms with Crippen molar-refractivity contribution in [3.63, 3.8) is 0 Å². The van der Waals surface area contributed by atoms with Gasteiger partial charge in [-0.1, -0.05) is 13.8 Å². The molecule has 1 fully saturated rings. The summed E-state index contributed by atoms with van der Waals surface area (Å²) < 4.78 is 0. The zero-order valence-corrected chi connectivity index (χ0v) is 13.5. The highest BCUT2D eigenvalue weighted by Crippen LogP contribution is 2.16. The molecule has 0 bridgehead atoms. The molecule has 1 saturated heterocycles. The molecule has 2 unspecified atom stereocenters. The van der Waals surface area contributed by atoms with Crippen molar-refractivity contribution in [1.29, 1.82) is 0 Å². The van der Waals surface area contributed by atoms with Gasteiger partial charge in [0.2, 0.25) is 11.8 Å². The maximum Gasteiger partial charge on any atom is 0.245 e. The van der Waals surface area contributed by atoms with Crippen LogP contribution in [0.15, 0.2) is 0 Å². The van der Waals surface area contributed by atoms with Crippen LogP contribution in [0, 0.1) is 5.92 Å². The SMILES string of the molecule is CC(C)CC1NC(=O)C(C)N(CCCCN(C)C)C1=O. The minimum atomic E-state index is -0.342. The molecule has 0 radical (unpaired) electrons. The number of hydrogen-bond donors (Lipinski definition) is 1. The lowest BCUT2D eigenvalue weighted by atomic mass is 9.98. The topological polar surface area (TPSA) is 52.7 Å². The fourth-order valence-electron chi connectivity index (χ4n) is 2.53. The molecule has 0 saturated carbocycles. The number of piperazine rings is 1. The molecule has 0 aromatic carbocycles. The van der Waals surface area contributed by atoms with E-state index in [0.717, 1.165) is 19.4 Å². The molecule has 116 valence electrons. The van der Waals surface area contributed by atoms with Crippen molar-refractivity contribution in [3.8, 4) is 0 Å². The molecule has 2 amide bonds. The monoisotopic (exact) mass is 283 g/mol. The summed E-state index contributed by atoms with van der Waals surface area (Å²) in [5.41, 5.74) is 0. The summed E-state index contributed by atoms with van der Waals surface area (Å²) in [7, 11) is 4.08. The van der Waals surface area contributed by atoms with Crippen LogP contribution in [0.2, 0.25) is 0 Å². The molecular weight excluding hydrogens is 254 g/mol. The molecule has 2 atom stereocenters. The van der Waals surface area contributed by atoms with E-state index in [1.807, 2.05) is 21.0 Å². The zero-order chi connectivity index (χ0) is 15.3. The van der Waals surface area contributed by atoms with Crippen molar-refractivity contribution in [2.45, 2.75) is 52.1 Å². The van der Waals surface area contributed by atoms with E-state index < -0.39 is 0 Å². The smallest absolute Gasteiger partial charge is 0.245 e. The number of amides is 2. The highest BCUT2D eigenvalue weighted by molar-refractivity contribution is 5.96. The van der Waals surface area contributed by atoms with E-state index >= 15 is 0 Å². The van der Waals surface area contributed by atoms with Gasteiger partial charge in [0.1, 0.15) is 12.1 Å². The Morgan fingerprint density at radius 3 is 2.45 bits per heavy atom. The third-order valence-electron chi connectivity index (χ3n) is 3.71. The highest BCUT2D eigenvalue weighted by Gasteiger charge is 2.37. The van der Waals surface area contributed by atoms with Gasteiger partial charge in [-0.2, -0.15) is 0 Å². The second kappa shape index (κ2) is 7.62. The molecule has 1 rings (SSSR count). The molecule has 1 N–H and O–H groups in total. The summed E-state index contributed by atoms with van der Waals surface area (Å²) in [6.45, 7) is 7.64. The van der Waals surface area contributed by atoms with Crippen LogP contribution in [0.3, 0.4) is 0 Å². The van der Waals surface area contributed by atoms with E-state index in [1.165, 1.54) is 0 Å². The summed E-state index contributed by atoms with van der Waals surface area (Å²) in [4.78, 5) is 28.3. The Bertz CT molecular complexity index is 342. The number of nitrogens with one attached hydrogen (secondary N) is 1. The van der Waals surface area contributed by atoms with E-state index in [4.69, 9.17) is 0 Å². The lowest BCUT2D eigenvalue weighted by Gasteiger charge is -2.38. The lowest BCUT2D eigenvalue weighted by molar-refractivity contribution is -0.149. The molecule has 1 aliphatic rings. The molecule has 0 aromatic rings. The molecule has 1 heterocycles. The van der Waals surface area contributed by atoms with E-state index in [9.17, 15) is 9.59 Å². The highest BCUT2D eigenvalue weighted by atomic mass is 16.2. The summed E-state index contributed by atoms with van der Waals surface area (Å²) in [6.07, 6.45) is 2.70. The van der Waals surface area contributed by atoms with Gasteiger partial charge in [0, 0.05) is 6.54 Å². The van der Waals surface area contributed by atoms with Crippen molar-refractivity contribution >= 4 is 11.8 Å². The number of unbranched alkanes of at least 4 members (excludes halogenated alkanes) is 1. The Morgan fingerprint density at radius 2 is 1.90 bits per heavy atom. The number of rotatable bonds is 7. The van der Waals surface area contributed by atoms with E-state index in [1.54, 1.807) is 4.90 Å². The summed E-state index contributed by atoms with van der Waals surface area (Å²) in [5.74, 6) is 0.451. The summed E-state index contributed by atoms with van der Waals surface area (Å²) >= 11 is 0. The first-order chi connectivity index (χ1) is 9.32. The fraction of sp³-hybridized carbons (Fsp3) is 0.867. The van der Waals surface area contributed by atoms with E-state index in [2.05, 4.69) is 24.1 Å². The number of carbonyl (C=O) groups is 2. The third-order valence-corrected chi connectivity index (χ3v) is 3.71. The van der Waals surface area contributed by atoms with E-state index in [-0.39, 0.29) is 23.9 Å². The third kappa shape index (κ3) is 4.78. The molecule has 0 spiro atoms. The molecule has 20 heavy (non-hydrogen) atoms. The summed E-state index contributed by atoms with van der Waals surface area (Å²) in [6, 6.07) is -0.683. The average Bonchev–Trinajstić information content (AvgIpc) is 2.34. The number of carbonyl (C=O) groups excluding carboxylic acids is 2.